The molecule has 0 saturated heterocycles. The van der Waals surface area contributed by atoms with Gasteiger partial charge in [0.1, 0.15) is 12.0 Å². The van der Waals surface area contributed by atoms with E-state index in [-0.39, 0.29) is 0 Å². The van der Waals surface area contributed by atoms with Gasteiger partial charge in [-0.3, -0.25) is 0 Å². The highest BCUT2D eigenvalue weighted by molar-refractivity contribution is 6.32. The number of alkyl halides is 1. The number of fused-ring (bicyclic) bond motifs is 1. The van der Waals surface area contributed by atoms with E-state index in [1.165, 1.54) is 6.33 Å². The number of aromatic nitrogens is 2. The van der Waals surface area contributed by atoms with Gasteiger partial charge in [0.05, 0.1) is 0 Å². The largest absolute Gasteiger partial charge is 0.378 e. The Bertz CT molecular complexity index is 331. The predicted octanol–water partition coefficient (Wildman–Crippen LogP) is 1.60. The van der Waals surface area contributed by atoms with Crippen molar-refractivity contribution in [1.82, 2.24) is 9.97 Å². The van der Waals surface area contributed by atoms with E-state index < -0.39 is 0 Å². The number of rotatable bonds is 2. The SMILES string of the molecule is ClCCN1CCNc2c(Cl)ncnc21. The van der Waals surface area contributed by atoms with Crippen molar-refractivity contribution in [2.75, 3.05) is 35.7 Å². The summed E-state index contributed by atoms with van der Waals surface area (Å²) >= 11 is 11.6. The Morgan fingerprint density at radius 2 is 2.36 bits per heavy atom. The van der Waals surface area contributed by atoms with Crippen LogP contribution in [0.1, 0.15) is 0 Å². The van der Waals surface area contributed by atoms with Gasteiger partial charge in [-0.15, -0.1) is 11.6 Å². The fourth-order valence-corrected chi connectivity index (χ4v) is 1.89. The van der Waals surface area contributed by atoms with Crippen molar-refractivity contribution < 1.29 is 0 Å². The first-order valence-electron chi connectivity index (χ1n) is 4.38. The second kappa shape index (κ2) is 4.19. The van der Waals surface area contributed by atoms with Gasteiger partial charge in [-0.1, -0.05) is 11.6 Å². The van der Waals surface area contributed by atoms with Crippen LogP contribution in [0.5, 0.6) is 0 Å². The standard InChI is InChI=1S/C8H10Cl2N4/c9-1-3-14-4-2-11-6-7(10)12-5-13-8(6)14/h5,11H,1-4H2. The van der Waals surface area contributed by atoms with Crippen LogP contribution in [-0.4, -0.2) is 35.5 Å². The van der Waals surface area contributed by atoms with Gasteiger partial charge in [-0.2, -0.15) is 0 Å². The molecule has 0 aliphatic carbocycles. The molecule has 1 aliphatic rings. The van der Waals surface area contributed by atoms with Crippen molar-refractivity contribution in [3.63, 3.8) is 0 Å². The molecule has 0 unspecified atom stereocenters. The molecular formula is C8H10Cl2N4. The zero-order valence-electron chi connectivity index (χ0n) is 7.50. The Hall–Kier alpha value is -0.740. The number of nitrogens with one attached hydrogen (secondary N) is 1. The summed E-state index contributed by atoms with van der Waals surface area (Å²) in [6, 6.07) is 0. The zero-order chi connectivity index (χ0) is 9.97. The van der Waals surface area contributed by atoms with E-state index in [9.17, 15) is 0 Å². The van der Waals surface area contributed by atoms with Crippen LogP contribution in [0.4, 0.5) is 11.5 Å². The van der Waals surface area contributed by atoms with Gasteiger partial charge in [-0.25, -0.2) is 9.97 Å². The molecule has 2 heterocycles. The second-order valence-electron chi connectivity index (χ2n) is 2.97. The van der Waals surface area contributed by atoms with Gasteiger partial charge >= 0.3 is 0 Å². The number of hydrogen-bond donors (Lipinski definition) is 1. The summed E-state index contributed by atoms with van der Waals surface area (Å²) in [6.45, 7) is 2.52. The molecule has 6 heteroatoms. The van der Waals surface area contributed by atoms with Crippen LogP contribution in [0.15, 0.2) is 6.33 Å². The first-order valence-corrected chi connectivity index (χ1v) is 5.29. The summed E-state index contributed by atoms with van der Waals surface area (Å²) < 4.78 is 0. The fourth-order valence-electron chi connectivity index (χ4n) is 1.49. The maximum absolute atomic E-state index is 5.93. The maximum atomic E-state index is 5.93. The fraction of sp³-hybridized carbons (Fsp3) is 0.500. The highest BCUT2D eigenvalue weighted by Crippen LogP contribution is 2.31. The predicted molar refractivity (Wildman–Crippen MR) is 58.5 cm³/mol. The Kier molecular flexibility index (Phi) is 2.93. The van der Waals surface area contributed by atoms with Crippen molar-refractivity contribution in [2.45, 2.75) is 0 Å². The van der Waals surface area contributed by atoms with E-state index in [2.05, 4.69) is 20.2 Å². The molecule has 0 saturated carbocycles. The maximum Gasteiger partial charge on any atom is 0.157 e. The van der Waals surface area contributed by atoms with Crippen molar-refractivity contribution in [1.29, 1.82) is 0 Å². The van der Waals surface area contributed by atoms with Crippen molar-refractivity contribution in [3.05, 3.63) is 11.5 Å². The molecule has 2 rings (SSSR count). The third-order valence-corrected chi connectivity index (χ3v) is 2.57. The summed E-state index contributed by atoms with van der Waals surface area (Å²) in [5.41, 5.74) is 0.811. The lowest BCUT2D eigenvalue weighted by Crippen LogP contribution is -2.36. The van der Waals surface area contributed by atoms with Crippen LogP contribution in [0.25, 0.3) is 0 Å². The lowest BCUT2D eigenvalue weighted by atomic mass is 10.3. The van der Waals surface area contributed by atoms with Gasteiger partial charge in [0.2, 0.25) is 0 Å². The summed E-state index contributed by atoms with van der Waals surface area (Å²) in [7, 11) is 0. The van der Waals surface area contributed by atoms with Crippen LogP contribution in [0.3, 0.4) is 0 Å². The highest BCUT2D eigenvalue weighted by Gasteiger charge is 2.19. The highest BCUT2D eigenvalue weighted by atomic mass is 35.5. The number of nitrogens with zero attached hydrogens (tertiary/aromatic N) is 3. The van der Waals surface area contributed by atoms with E-state index in [4.69, 9.17) is 23.2 Å². The smallest absolute Gasteiger partial charge is 0.157 e. The Morgan fingerprint density at radius 1 is 1.50 bits per heavy atom. The first-order chi connectivity index (χ1) is 6.83. The minimum Gasteiger partial charge on any atom is -0.378 e. The van der Waals surface area contributed by atoms with Crippen molar-refractivity contribution in [3.8, 4) is 0 Å². The third kappa shape index (κ3) is 1.72. The summed E-state index contributed by atoms with van der Waals surface area (Å²) in [5.74, 6) is 1.43. The molecule has 0 radical (unpaired) electrons. The molecule has 0 fully saturated rings. The molecule has 1 N–H and O–H groups in total. The van der Waals surface area contributed by atoms with Gasteiger partial charge in [0.15, 0.2) is 11.0 Å². The Morgan fingerprint density at radius 3 is 3.14 bits per heavy atom. The number of anilines is 2. The first kappa shape index (κ1) is 9.80. The summed E-state index contributed by atoms with van der Waals surface area (Å²) in [5, 5.41) is 3.64. The van der Waals surface area contributed by atoms with Gasteiger partial charge in [0, 0.05) is 25.5 Å². The summed E-state index contributed by atoms with van der Waals surface area (Å²) in [4.78, 5) is 10.2. The van der Waals surface area contributed by atoms with Gasteiger partial charge < -0.3 is 10.2 Å². The number of halogens is 2. The van der Waals surface area contributed by atoms with E-state index >= 15 is 0 Å². The van der Waals surface area contributed by atoms with Crippen LogP contribution < -0.4 is 10.2 Å². The van der Waals surface area contributed by atoms with Crippen molar-refractivity contribution in [2.24, 2.45) is 0 Å². The lowest BCUT2D eigenvalue weighted by Gasteiger charge is -2.30. The van der Waals surface area contributed by atoms with Crippen LogP contribution in [0.2, 0.25) is 5.15 Å². The number of hydrogen-bond acceptors (Lipinski definition) is 4. The lowest BCUT2D eigenvalue weighted by molar-refractivity contribution is 0.794. The molecule has 14 heavy (non-hydrogen) atoms. The van der Waals surface area contributed by atoms with E-state index in [0.717, 1.165) is 31.1 Å². The molecule has 1 aromatic rings. The molecule has 0 atom stereocenters. The topological polar surface area (TPSA) is 41.0 Å². The summed E-state index contributed by atoms with van der Waals surface area (Å²) in [6.07, 6.45) is 1.47. The molecule has 76 valence electrons. The average molecular weight is 233 g/mol. The molecule has 0 bridgehead atoms. The average Bonchev–Trinajstić information content (AvgIpc) is 2.20. The zero-order valence-corrected chi connectivity index (χ0v) is 9.02. The molecule has 0 aromatic carbocycles. The molecule has 0 spiro atoms. The third-order valence-electron chi connectivity index (χ3n) is 2.12. The normalized spacial score (nSPS) is 14.9. The quantitative estimate of drug-likeness (QED) is 0.622. The Balaban J connectivity index is 2.34. The molecular weight excluding hydrogens is 223 g/mol. The van der Waals surface area contributed by atoms with E-state index in [1.807, 2.05) is 0 Å². The van der Waals surface area contributed by atoms with Crippen LogP contribution in [-0.2, 0) is 0 Å². The minimum atomic E-state index is 0.467. The minimum absolute atomic E-state index is 0.467. The van der Waals surface area contributed by atoms with E-state index in [0.29, 0.717) is 11.0 Å². The van der Waals surface area contributed by atoms with Crippen LogP contribution in [0, 0.1) is 0 Å². The van der Waals surface area contributed by atoms with Crippen molar-refractivity contribution >= 4 is 34.7 Å². The monoisotopic (exact) mass is 232 g/mol. The second-order valence-corrected chi connectivity index (χ2v) is 3.70. The van der Waals surface area contributed by atoms with Crippen LogP contribution >= 0.6 is 23.2 Å². The van der Waals surface area contributed by atoms with Gasteiger partial charge in [0.25, 0.3) is 0 Å². The molecule has 1 aromatic heterocycles. The molecule has 4 nitrogen and oxygen atoms in total. The molecule has 0 amide bonds. The van der Waals surface area contributed by atoms with Gasteiger partial charge in [-0.05, 0) is 0 Å². The van der Waals surface area contributed by atoms with E-state index in [1.54, 1.807) is 0 Å². The molecule has 1 aliphatic heterocycles. The Labute approximate surface area is 92.2 Å².